The summed E-state index contributed by atoms with van der Waals surface area (Å²) < 4.78 is 15.8. The quantitative estimate of drug-likeness (QED) is 0.269. The molecule has 3 aromatic carbocycles. The fourth-order valence-corrected chi connectivity index (χ4v) is 5.05. The van der Waals surface area contributed by atoms with Crippen molar-refractivity contribution in [3.05, 3.63) is 112 Å². The van der Waals surface area contributed by atoms with Crippen LogP contribution in [0.3, 0.4) is 0 Å². The van der Waals surface area contributed by atoms with E-state index in [2.05, 4.69) is 28.3 Å². The fourth-order valence-electron chi connectivity index (χ4n) is 3.97. The standard InChI is InChI=1S/C28H23FN4O2S/c1-17-7-9-24-25(11-17)36-26(32-24)16-21-15-20(12-18-5-3-2-4-6-18)30-28(31-21)33-23-10-8-19(13-22(23)29)14-27(34)35/h2-11,13,15H,12,14,16H2,1H3,(H,34,35)(H,30,31,33). The monoisotopic (exact) mass is 498 g/mol. The highest BCUT2D eigenvalue weighted by molar-refractivity contribution is 7.18. The summed E-state index contributed by atoms with van der Waals surface area (Å²) in [7, 11) is 0. The van der Waals surface area contributed by atoms with Gasteiger partial charge in [-0.15, -0.1) is 11.3 Å². The molecule has 0 unspecified atom stereocenters. The summed E-state index contributed by atoms with van der Waals surface area (Å²) in [5.74, 6) is -1.30. The third kappa shape index (κ3) is 5.72. The lowest BCUT2D eigenvalue weighted by molar-refractivity contribution is -0.136. The molecule has 0 saturated heterocycles. The predicted octanol–water partition coefficient (Wildman–Crippen LogP) is 6.09. The molecule has 0 saturated carbocycles. The van der Waals surface area contributed by atoms with Gasteiger partial charge in [0.15, 0.2) is 0 Å². The second-order valence-electron chi connectivity index (χ2n) is 8.60. The van der Waals surface area contributed by atoms with E-state index >= 15 is 0 Å². The van der Waals surface area contributed by atoms with Gasteiger partial charge in [-0.25, -0.2) is 19.3 Å². The number of carboxylic acids is 1. The molecule has 36 heavy (non-hydrogen) atoms. The minimum Gasteiger partial charge on any atom is -0.481 e. The van der Waals surface area contributed by atoms with Crippen molar-refractivity contribution in [3.63, 3.8) is 0 Å². The van der Waals surface area contributed by atoms with Crippen molar-refractivity contribution >= 4 is 39.2 Å². The molecule has 0 aliphatic carbocycles. The molecule has 0 spiro atoms. The van der Waals surface area contributed by atoms with Crippen LogP contribution in [-0.2, 0) is 24.1 Å². The maximum Gasteiger partial charge on any atom is 0.307 e. The van der Waals surface area contributed by atoms with Crippen LogP contribution in [0.5, 0.6) is 0 Å². The van der Waals surface area contributed by atoms with Crippen LogP contribution in [0.15, 0.2) is 72.8 Å². The smallest absolute Gasteiger partial charge is 0.307 e. The summed E-state index contributed by atoms with van der Waals surface area (Å²) >= 11 is 1.63. The first kappa shape index (κ1) is 23.6. The van der Waals surface area contributed by atoms with E-state index in [1.54, 1.807) is 17.4 Å². The van der Waals surface area contributed by atoms with Crippen LogP contribution >= 0.6 is 11.3 Å². The zero-order valence-electron chi connectivity index (χ0n) is 19.5. The van der Waals surface area contributed by atoms with Crippen LogP contribution in [0.4, 0.5) is 16.0 Å². The molecule has 0 aliphatic rings. The lowest BCUT2D eigenvalue weighted by Gasteiger charge is -2.11. The van der Waals surface area contributed by atoms with Gasteiger partial charge in [-0.2, -0.15) is 0 Å². The van der Waals surface area contributed by atoms with Gasteiger partial charge in [-0.3, -0.25) is 4.79 Å². The SMILES string of the molecule is Cc1ccc2nc(Cc3cc(Cc4ccccc4)nc(Nc4ccc(CC(=O)O)cc4F)n3)sc2c1. The highest BCUT2D eigenvalue weighted by Gasteiger charge is 2.13. The van der Waals surface area contributed by atoms with E-state index in [9.17, 15) is 9.18 Å². The lowest BCUT2D eigenvalue weighted by Crippen LogP contribution is -2.06. The second-order valence-corrected chi connectivity index (χ2v) is 9.72. The summed E-state index contributed by atoms with van der Waals surface area (Å²) in [5, 5.41) is 12.9. The first-order chi connectivity index (χ1) is 17.4. The molecule has 2 N–H and O–H groups in total. The maximum atomic E-state index is 14.7. The highest BCUT2D eigenvalue weighted by Crippen LogP contribution is 2.26. The van der Waals surface area contributed by atoms with Gasteiger partial charge in [0.1, 0.15) is 5.82 Å². The normalized spacial score (nSPS) is 11.1. The van der Waals surface area contributed by atoms with Crippen molar-refractivity contribution in [2.75, 3.05) is 5.32 Å². The Bertz CT molecular complexity index is 1550. The number of nitrogens with one attached hydrogen (secondary N) is 1. The van der Waals surface area contributed by atoms with Gasteiger partial charge >= 0.3 is 5.97 Å². The number of fused-ring (bicyclic) bond motifs is 1. The molecule has 0 fully saturated rings. The third-order valence-electron chi connectivity index (χ3n) is 5.62. The van der Waals surface area contributed by atoms with Gasteiger partial charge < -0.3 is 10.4 Å². The molecule has 0 amide bonds. The summed E-state index contributed by atoms with van der Waals surface area (Å²) in [4.78, 5) is 25.0. The van der Waals surface area contributed by atoms with Gasteiger partial charge in [0.2, 0.25) is 5.95 Å². The highest BCUT2D eigenvalue weighted by atomic mass is 32.1. The van der Waals surface area contributed by atoms with E-state index in [-0.39, 0.29) is 18.1 Å². The van der Waals surface area contributed by atoms with Gasteiger partial charge in [-0.1, -0.05) is 42.5 Å². The Balaban J connectivity index is 1.46. The Morgan fingerprint density at radius 1 is 0.917 bits per heavy atom. The fraction of sp³-hybridized carbons (Fsp3) is 0.143. The van der Waals surface area contributed by atoms with Crippen molar-refractivity contribution in [2.24, 2.45) is 0 Å². The Labute approximate surface area is 211 Å². The van der Waals surface area contributed by atoms with Gasteiger partial charge in [0.25, 0.3) is 0 Å². The summed E-state index contributed by atoms with van der Waals surface area (Å²) in [6.07, 6.45) is 0.883. The van der Waals surface area contributed by atoms with Crippen LogP contribution in [0.25, 0.3) is 10.2 Å². The van der Waals surface area contributed by atoms with E-state index in [1.165, 1.54) is 17.7 Å². The predicted molar refractivity (Wildman–Crippen MR) is 139 cm³/mol. The summed E-state index contributed by atoms with van der Waals surface area (Å²) in [6, 6.07) is 22.5. The van der Waals surface area contributed by atoms with E-state index in [0.717, 1.165) is 32.2 Å². The number of carboxylic acid groups (broad SMARTS) is 1. The topological polar surface area (TPSA) is 88.0 Å². The molecule has 2 aromatic heterocycles. The second kappa shape index (κ2) is 10.2. The zero-order valence-corrected chi connectivity index (χ0v) is 20.3. The third-order valence-corrected chi connectivity index (χ3v) is 6.63. The molecule has 0 bridgehead atoms. The minimum atomic E-state index is -1.01. The minimum absolute atomic E-state index is 0.183. The van der Waals surface area contributed by atoms with Crippen LogP contribution in [0.1, 0.15) is 33.1 Å². The van der Waals surface area contributed by atoms with E-state index < -0.39 is 11.8 Å². The van der Waals surface area contributed by atoms with Gasteiger partial charge in [0, 0.05) is 12.8 Å². The molecule has 5 rings (SSSR count). The van der Waals surface area contributed by atoms with Gasteiger partial charge in [-0.05, 0) is 53.9 Å². The van der Waals surface area contributed by atoms with Crippen LogP contribution < -0.4 is 5.32 Å². The molecule has 180 valence electrons. The molecule has 0 atom stereocenters. The number of nitrogens with zero attached hydrogens (tertiary/aromatic N) is 3. The molecule has 5 aromatic rings. The average molecular weight is 499 g/mol. The first-order valence-electron chi connectivity index (χ1n) is 11.5. The number of hydrogen-bond donors (Lipinski definition) is 2. The molecular weight excluding hydrogens is 475 g/mol. The number of benzene rings is 3. The molecule has 0 aliphatic heterocycles. The Kier molecular flexibility index (Phi) is 6.69. The average Bonchev–Trinajstić information content (AvgIpc) is 3.22. The number of hydrogen-bond acceptors (Lipinski definition) is 6. The number of thiazole rings is 1. The summed E-state index contributed by atoms with van der Waals surface area (Å²) in [6.45, 7) is 2.06. The molecule has 2 heterocycles. The number of aliphatic carboxylic acids is 1. The van der Waals surface area contributed by atoms with Crippen molar-refractivity contribution in [1.82, 2.24) is 15.0 Å². The first-order valence-corrected chi connectivity index (χ1v) is 12.3. The van der Waals surface area contributed by atoms with E-state index in [0.29, 0.717) is 18.4 Å². The van der Waals surface area contributed by atoms with Crippen molar-refractivity contribution in [1.29, 1.82) is 0 Å². The Morgan fingerprint density at radius 3 is 2.44 bits per heavy atom. The number of halogens is 1. The Hall–Kier alpha value is -4.17. The number of aryl methyl sites for hydroxylation is 1. The number of anilines is 2. The lowest BCUT2D eigenvalue weighted by atomic mass is 10.1. The summed E-state index contributed by atoms with van der Waals surface area (Å²) in [5.41, 5.74) is 5.39. The zero-order chi connectivity index (χ0) is 25.1. The van der Waals surface area contributed by atoms with Crippen molar-refractivity contribution in [2.45, 2.75) is 26.2 Å². The molecule has 0 radical (unpaired) electrons. The van der Waals surface area contributed by atoms with Crippen LogP contribution in [-0.4, -0.2) is 26.0 Å². The largest absolute Gasteiger partial charge is 0.481 e. The molecule has 8 heteroatoms. The van der Waals surface area contributed by atoms with Crippen molar-refractivity contribution in [3.8, 4) is 0 Å². The molecule has 6 nitrogen and oxygen atoms in total. The Morgan fingerprint density at radius 2 is 1.69 bits per heavy atom. The maximum absolute atomic E-state index is 14.7. The molecular formula is C28H23FN4O2S. The van der Waals surface area contributed by atoms with Crippen molar-refractivity contribution < 1.29 is 14.3 Å². The van der Waals surface area contributed by atoms with E-state index in [4.69, 9.17) is 10.1 Å². The number of rotatable bonds is 8. The van der Waals surface area contributed by atoms with Crippen LogP contribution in [0.2, 0.25) is 0 Å². The van der Waals surface area contributed by atoms with Crippen LogP contribution in [0, 0.1) is 12.7 Å². The number of aromatic nitrogens is 3. The van der Waals surface area contributed by atoms with E-state index in [1.807, 2.05) is 48.5 Å². The number of carbonyl (C=O) groups is 1. The van der Waals surface area contributed by atoms with Gasteiger partial charge in [0.05, 0.1) is 38.7 Å².